The molecule has 1 aliphatic heterocycles. The topological polar surface area (TPSA) is 135 Å². The SMILES string of the molecule is O=C(NCc1ccc([N+](=O)[O-])cc1)c1cc(S(=O)(=O)N2CCOCC2)c[nH]1. The van der Waals surface area contributed by atoms with Crippen LogP contribution in [-0.4, -0.2) is 54.8 Å². The van der Waals surface area contributed by atoms with Gasteiger partial charge < -0.3 is 15.0 Å². The van der Waals surface area contributed by atoms with E-state index in [0.29, 0.717) is 18.8 Å². The van der Waals surface area contributed by atoms with Crippen molar-refractivity contribution >= 4 is 21.6 Å². The zero-order chi connectivity index (χ0) is 19.4. The minimum absolute atomic E-state index is 0.0184. The summed E-state index contributed by atoms with van der Waals surface area (Å²) in [6.45, 7) is 1.38. The Morgan fingerprint density at radius 3 is 2.56 bits per heavy atom. The highest BCUT2D eigenvalue weighted by molar-refractivity contribution is 7.89. The van der Waals surface area contributed by atoms with Crippen molar-refractivity contribution < 1.29 is 22.9 Å². The molecule has 2 aromatic rings. The third kappa shape index (κ3) is 4.32. The number of rotatable bonds is 6. The number of nitro benzene ring substituents is 1. The minimum Gasteiger partial charge on any atom is -0.379 e. The number of nitro groups is 1. The third-order valence-electron chi connectivity index (χ3n) is 4.11. The summed E-state index contributed by atoms with van der Waals surface area (Å²) in [6.07, 6.45) is 1.28. The second-order valence-electron chi connectivity index (χ2n) is 5.87. The average Bonchev–Trinajstić information content (AvgIpc) is 3.18. The van der Waals surface area contributed by atoms with Gasteiger partial charge in [-0.15, -0.1) is 0 Å². The number of sulfonamides is 1. The molecule has 0 atom stereocenters. The first-order valence-corrected chi connectivity index (χ1v) is 9.60. The van der Waals surface area contributed by atoms with Gasteiger partial charge in [0.05, 0.1) is 18.1 Å². The molecule has 144 valence electrons. The number of hydrogen-bond acceptors (Lipinski definition) is 6. The summed E-state index contributed by atoms with van der Waals surface area (Å²) >= 11 is 0. The summed E-state index contributed by atoms with van der Waals surface area (Å²) < 4.78 is 31.6. The van der Waals surface area contributed by atoms with Gasteiger partial charge in [0.25, 0.3) is 11.6 Å². The van der Waals surface area contributed by atoms with Crippen molar-refractivity contribution in [2.75, 3.05) is 26.3 Å². The Labute approximate surface area is 155 Å². The van der Waals surface area contributed by atoms with Crippen molar-refractivity contribution in [1.82, 2.24) is 14.6 Å². The third-order valence-corrected chi connectivity index (χ3v) is 5.99. The lowest BCUT2D eigenvalue weighted by Crippen LogP contribution is -2.40. The van der Waals surface area contributed by atoms with E-state index >= 15 is 0 Å². The number of nitrogens with one attached hydrogen (secondary N) is 2. The highest BCUT2D eigenvalue weighted by atomic mass is 32.2. The van der Waals surface area contributed by atoms with Gasteiger partial charge in [-0.05, 0) is 11.6 Å². The molecule has 1 aromatic carbocycles. The van der Waals surface area contributed by atoms with Crippen LogP contribution in [-0.2, 0) is 21.3 Å². The number of amides is 1. The minimum atomic E-state index is -3.68. The van der Waals surface area contributed by atoms with Crippen LogP contribution in [0.3, 0.4) is 0 Å². The quantitative estimate of drug-likeness (QED) is 0.551. The van der Waals surface area contributed by atoms with E-state index in [9.17, 15) is 23.3 Å². The molecule has 0 aliphatic carbocycles. The number of H-pyrrole nitrogens is 1. The lowest BCUT2D eigenvalue weighted by Gasteiger charge is -2.25. The number of hydrogen-bond donors (Lipinski definition) is 2. The smallest absolute Gasteiger partial charge is 0.269 e. The summed E-state index contributed by atoms with van der Waals surface area (Å²) in [5.41, 5.74) is 0.762. The maximum Gasteiger partial charge on any atom is 0.269 e. The molecular weight excluding hydrogens is 376 g/mol. The largest absolute Gasteiger partial charge is 0.379 e. The average molecular weight is 394 g/mol. The second-order valence-corrected chi connectivity index (χ2v) is 7.81. The van der Waals surface area contributed by atoms with Crippen LogP contribution in [0.1, 0.15) is 16.1 Å². The van der Waals surface area contributed by atoms with Crippen molar-refractivity contribution in [2.45, 2.75) is 11.4 Å². The van der Waals surface area contributed by atoms with Crippen LogP contribution in [0.25, 0.3) is 0 Å². The molecular formula is C16H18N4O6S. The fraction of sp³-hybridized carbons (Fsp3) is 0.312. The molecule has 3 rings (SSSR count). The van der Waals surface area contributed by atoms with Crippen molar-refractivity contribution in [3.05, 3.63) is 57.9 Å². The zero-order valence-electron chi connectivity index (χ0n) is 14.3. The van der Waals surface area contributed by atoms with Crippen LogP contribution in [0.15, 0.2) is 41.4 Å². The van der Waals surface area contributed by atoms with Crippen LogP contribution in [0.2, 0.25) is 0 Å². The summed E-state index contributed by atoms with van der Waals surface area (Å²) in [4.78, 5) is 25.1. The maximum absolute atomic E-state index is 12.6. The van der Waals surface area contributed by atoms with E-state index in [2.05, 4.69) is 10.3 Å². The summed E-state index contributed by atoms with van der Waals surface area (Å²) in [5, 5.41) is 13.3. The van der Waals surface area contributed by atoms with Crippen molar-refractivity contribution in [2.24, 2.45) is 0 Å². The Morgan fingerprint density at radius 2 is 1.93 bits per heavy atom. The van der Waals surface area contributed by atoms with E-state index < -0.39 is 20.9 Å². The van der Waals surface area contributed by atoms with E-state index in [1.54, 1.807) is 12.1 Å². The molecule has 2 heterocycles. The zero-order valence-corrected chi connectivity index (χ0v) is 15.1. The van der Waals surface area contributed by atoms with Gasteiger partial charge in [-0.3, -0.25) is 14.9 Å². The molecule has 1 aliphatic rings. The van der Waals surface area contributed by atoms with E-state index in [4.69, 9.17) is 4.74 Å². The number of morpholine rings is 1. The maximum atomic E-state index is 12.6. The van der Waals surface area contributed by atoms with Gasteiger partial charge in [0, 0.05) is 38.0 Å². The van der Waals surface area contributed by atoms with Crippen molar-refractivity contribution in [1.29, 1.82) is 0 Å². The lowest BCUT2D eigenvalue weighted by molar-refractivity contribution is -0.384. The monoisotopic (exact) mass is 394 g/mol. The van der Waals surface area contributed by atoms with E-state index in [1.165, 1.54) is 28.7 Å². The molecule has 0 radical (unpaired) electrons. The molecule has 0 bridgehead atoms. The Hall–Kier alpha value is -2.76. The molecule has 2 N–H and O–H groups in total. The standard InChI is InChI=1S/C16H18N4O6S/c21-16(18-10-12-1-3-13(4-2-12)20(22)23)15-9-14(11-17-15)27(24,25)19-5-7-26-8-6-19/h1-4,9,11,17H,5-8,10H2,(H,18,21). The molecule has 1 saturated heterocycles. The predicted molar refractivity (Wildman–Crippen MR) is 94.6 cm³/mol. The van der Waals surface area contributed by atoms with Crippen LogP contribution in [0.5, 0.6) is 0 Å². The van der Waals surface area contributed by atoms with Crippen LogP contribution >= 0.6 is 0 Å². The fourth-order valence-electron chi connectivity index (χ4n) is 2.60. The first-order valence-electron chi connectivity index (χ1n) is 8.16. The van der Waals surface area contributed by atoms with Gasteiger partial charge in [-0.25, -0.2) is 8.42 Å². The Kier molecular flexibility index (Phi) is 5.54. The van der Waals surface area contributed by atoms with Gasteiger partial charge in [0.1, 0.15) is 10.6 Å². The van der Waals surface area contributed by atoms with Gasteiger partial charge in [0.15, 0.2) is 0 Å². The number of carbonyl (C=O) groups is 1. The molecule has 0 unspecified atom stereocenters. The van der Waals surface area contributed by atoms with E-state index in [-0.39, 0.29) is 35.9 Å². The van der Waals surface area contributed by atoms with Crippen LogP contribution < -0.4 is 5.32 Å². The Balaban J connectivity index is 1.63. The number of non-ortho nitro benzene ring substituents is 1. The fourth-order valence-corrected chi connectivity index (χ4v) is 4.01. The second kappa shape index (κ2) is 7.86. The number of nitrogens with zero attached hydrogens (tertiary/aromatic N) is 2. The molecule has 1 fully saturated rings. The van der Waals surface area contributed by atoms with Crippen LogP contribution in [0.4, 0.5) is 5.69 Å². The lowest BCUT2D eigenvalue weighted by atomic mass is 10.2. The van der Waals surface area contributed by atoms with E-state index in [1.807, 2.05) is 0 Å². The summed E-state index contributed by atoms with van der Waals surface area (Å²) in [5.74, 6) is -0.475. The molecule has 1 aromatic heterocycles. The predicted octanol–water partition coefficient (Wildman–Crippen LogP) is 0.874. The molecule has 1 amide bonds. The van der Waals surface area contributed by atoms with Crippen LogP contribution in [0, 0.1) is 10.1 Å². The number of ether oxygens (including phenoxy) is 1. The number of aromatic nitrogens is 1. The molecule has 0 spiro atoms. The summed E-state index contributed by atoms with van der Waals surface area (Å²) in [7, 11) is -3.68. The van der Waals surface area contributed by atoms with Crippen molar-refractivity contribution in [3.63, 3.8) is 0 Å². The van der Waals surface area contributed by atoms with Gasteiger partial charge in [0.2, 0.25) is 10.0 Å². The van der Waals surface area contributed by atoms with Gasteiger partial charge in [-0.1, -0.05) is 12.1 Å². The van der Waals surface area contributed by atoms with Gasteiger partial charge in [-0.2, -0.15) is 4.31 Å². The molecule has 10 nitrogen and oxygen atoms in total. The first-order chi connectivity index (χ1) is 12.9. The number of aromatic amines is 1. The number of benzene rings is 1. The molecule has 11 heteroatoms. The highest BCUT2D eigenvalue weighted by Crippen LogP contribution is 2.18. The molecule has 0 saturated carbocycles. The first kappa shape index (κ1) is 19.0. The van der Waals surface area contributed by atoms with E-state index in [0.717, 1.165) is 0 Å². The highest BCUT2D eigenvalue weighted by Gasteiger charge is 2.27. The Morgan fingerprint density at radius 1 is 1.26 bits per heavy atom. The van der Waals surface area contributed by atoms with Crippen molar-refractivity contribution in [3.8, 4) is 0 Å². The normalized spacial score (nSPS) is 15.4. The summed E-state index contributed by atoms with van der Waals surface area (Å²) in [6, 6.07) is 7.07. The Bertz CT molecular complexity index is 932. The molecule has 27 heavy (non-hydrogen) atoms. The van der Waals surface area contributed by atoms with Gasteiger partial charge >= 0.3 is 0 Å². The number of carbonyl (C=O) groups excluding carboxylic acids is 1.